The van der Waals surface area contributed by atoms with Gasteiger partial charge in [0, 0.05) is 5.69 Å². The van der Waals surface area contributed by atoms with E-state index in [9.17, 15) is 9.59 Å². The molecule has 0 atom stereocenters. The van der Waals surface area contributed by atoms with Crippen molar-refractivity contribution in [1.82, 2.24) is 0 Å². The molecule has 0 bridgehead atoms. The van der Waals surface area contributed by atoms with Gasteiger partial charge in [-0.1, -0.05) is 30.3 Å². The number of ether oxygens (including phenoxy) is 1. The lowest BCUT2D eigenvalue weighted by molar-refractivity contribution is -0.131. The molecule has 23 heavy (non-hydrogen) atoms. The van der Waals surface area contributed by atoms with Crippen LogP contribution in [0.15, 0.2) is 54.6 Å². The number of hydrogen-bond acceptors (Lipinski definition) is 3. The third kappa shape index (κ3) is 3.04. The van der Waals surface area contributed by atoms with Gasteiger partial charge in [0.25, 0.3) is 0 Å². The molecule has 5 heteroatoms. The summed E-state index contributed by atoms with van der Waals surface area (Å²) in [6.07, 6.45) is 1.10. The Kier molecular flexibility index (Phi) is 4.02. The van der Waals surface area contributed by atoms with Crippen molar-refractivity contribution in [3.05, 3.63) is 54.6 Å². The second-order valence-corrected chi connectivity index (χ2v) is 5.56. The number of hydrogen-bond donors (Lipinski definition) is 2. The number of amides is 2. The minimum atomic E-state index is -0.989. The fourth-order valence-electron chi connectivity index (χ4n) is 2.44. The minimum absolute atomic E-state index is 0.268. The molecule has 0 saturated heterocycles. The Morgan fingerprint density at radius 1 is 0.913 bits per heavy atom. The Morgan fingerprint density at radius 3 is 2.17 bits per heavy atom. The number of rotatable bonds is 5. The average Bonchev–Trinajstić information content (AvgIpc) is 3.38. The number of benzene rings is 2. The molecule has 1 saturated carbocycles. The summed E-state index contributed by atoms with van der Waals surface area (Å²) in [5.41, 5.74) is 0.268. The normalized spacial score (nSPS) is 14.7. The molecule has 1 aliphatic carbocycles. The highest BCUT2D eigenvalue weighted by Gasteiger charge is 2.56. The predicted molar refractivity (Wildman–Crippen MR) is 88.4 cm³/mol. The minimum Gasteiger partial charge on any atom is -0.495 e. The molecule has 0 radical (unpaired) electrons. The highest BCUT2D eigenvalue weighted by atomic mass is 16.5. The van der Waals surface area contributed by atoms with Gasteiger partial charge in [0.1, 0.15) is 11.2 Å². The van der Waals surface area contributed by atoms with E-state index >= 15 is 0 Å². The van der Waals surface area contributed by atoms with Gasteiger partial charge >= 0.3 is 0 Å². The van der Waals surface area contributed by atoms with Crippen LogP contribution in [0.2, 0.25) is 0 Å². The summed E-state index contributed by atoms with van der Waals surface area (Å²) in [5.74, 6) is 0.00615. The SMILES string of the molecule is COc1ccccc1NC(=O)C1(C(=O)Nc2ccccc2)CC1. The molecule has 1 aliphatic rings. The highest BCUT2D eigenvalue weighted by molar-refractivity contribution is 6.17. The lowest BCUT2D eigenvalue weighted by Gasteiger charge is -2.16. The molecular weight excluding hydrogens is 292 g/mol. The fraction of sp³-hybridized carbons (Fsp3) is 0.222. The van der Waals surface area contributed by atoms with Crippen molar-refractivity contribution in [2.24, 2.45) is 5.41 Å². The van der Waals surface area contributed by atoms with Crippen molar-refractivity contribution in [1.29, 1.82) is 0 Å². The van der Waals surface area contributed by atoms with E-state index in [0.29, 0.717) is 30.0 Å². The van der Waals surface area contributed by atoms with Crippen LogP contribution in [0.4, 0.5) is 11.4 Å². The number of nitrogens with one attached hydrogen (secondary N) is 2. The first-order valence-corrected chi connectivity index (χ1v) is 7.47. The van der Waals surface area contributed by atoms with Crippen LogP contribution < -0.4 is 15.4 Å². The number of carbonyl (C=O) groups is 2. The Balaban J connectivity index is 1.72. The average molecular weight is 310 g/mol. The van der Waals surface area contributed by atoms with E-state index in [2.05, 4.69) is 10.6 Å². The van der Waals surface area contributed by atoms with Crippen molar-refractivity contribution < 1.29 is 14.3 Å². The van der Waals surface area contributed by atoms with Crippen molar-refractivity contribution >= 4 is 23.2 Å². The van der Waals surface area contributed by atoms with Crippen LogP contribution in [0, 0.1) is 5.41 Å². The molecule has 118 valence electrons. The summed E-state index contributed by atoms with van der Waals surface area (Å²) in [6, 6.07) is 16.3. The first kappa shape index (κ1) is 15.1. The van der Waals surface area contributed by atoms with Gasteiger partial charge in [0.2, 0.25) is 11.8 Å². The molecular formula is C18H18N2O3. The van der Waals surface area contributed by atoms with Gasteiger partial charge in [-0.15, -0.1) is 0 Å². The molecule has 1 fully saturated rings. The number of anilines is 2. The van der Waals surface area contributed by atoms with Crippen LogP contribution in [0.25, 0.3) is 0 Å². The molecule has 0 aliphatic heterocycles. The molecule has 2 aromatic carbocycles. The standard InChI is InChI=1S/C18H18N2O3/c1-23-15-10-6-5-9-14(15)20-17(22)18(11-12-18)16(21)19-13-7-3-2-4-8-13/h2-10H,11-12H2,1H3,(H,19,21)(H,20,22). The van der Waals surface area contributed by atoms with Gasteiger partial charge < -0.3 is 15.4 Å². The zero-order chi connectivity index (χ0) is 16.3. The Morgan fingerprint density at radius 2 is 1.52 bits per heavy atom. The highest BCUT2D eigenvalue weighted by Crippen LogP contribution is 2.47. The second kappa shape index (κ2) is 6.12. The maximum absolute atomic E-state index is 12.6. The Labute approximate surface area is 134 Å². The molecule has 3 rings (SSSR count). The van der Waals surface area contributed by atoms with E-state index in [1.807, 2.05) is 30.3 Å². The summed E-state index contributed by atoms with van der Waals surface area (Å²) in [7, 11) is 1.54. The van der Waals surface area contributed by atoms with Crippen molar-refractivity contribution in [3.8, 4) is 5.75 Å². The van der Waals surface area contributed by atoms with Crippen LogP contribution in [0.1, 0.15) is 12.8 Å². The lowest BCUT2D eigenvalue weighted by Crippen LogP contribution is -2.35. The lowest BCUT2D eigenvalue weighted by atomic mass is 10.0. The predicted octanol–water partition coefficient (Wildman–Crippen LogP) is 3.05. The molecule has 5 nitrogen and oxygen atoms in total. The van der Waals surface area contributed by atoms with E-state index in [-0.39, 0.29) is 11.8 Å². The van der Waals surface area contributed by atoms with Crippen LogP contribution in [0.3, 0.4) is 0 Å². The molecule has 0 unspecified atom stereocenters. The Hall–Kier alpha value is -2.82. The molecule has 0 spiro atoms. The van der Waals surface area contributed by atoms with E-state index in [1.165, 1.54) is 0 Å². The second-order valence-electron chi connectivity index (χ2n) is 5.56. The maximum atomic E-state index is 12.6. The smallest absolute Gasteiger partial charge is 0.240 e. The largest absolute Gasteiger partial charge is 0.495 e. The zero-order valence-corrected chi connectivity index (χ0v) is 12.8. The molecule has 2 amide bonds. The van der Waals surface area contributed by atoms with Gasteiger partial charge in [-0.05, 0) is 37.1 Å². The van der Waals surface area contributed by atoms with Crippen molar-refractivity contribution in [3.63, 3.8) is 0 Å². The summed E-state index contributed by atoms with van der Waals surface area (Å²) < 4.78 is 5.22. The topological polar surface area (TPSA) is 67.4 Å². The van der Waals surface area contributed by atoms with E-state index in [0.717, 1.165) is 0 Å². The molecule has 2 aromatic rings. The zero-order valence-electron chi connectivity index (χ0n) is 12.8. The number of para-hydroxylation sites is 3. The van der Waals surface area contributed by atoms with Crippen LogP contribution in [0.5, 0.6) is 5.75 Å². The summed E-state index contributed by atoms with van der Waals surface area (Å²) in [5, 5.41) is 5.62. The molecule has 0 aromatic heterocycles. The summed E-state index contributed by atoms with van der Waals surface area (Å²) in [4.78, 5) is 25.0. The third-order valence-electron chi connectivity index (χ3n) is 4.01. The number of methoxy groups -OCH3 is 1. The van der Waals surface area contributed by atoms with Gasteiger partial charge in [0.05, 0.1) is 12.8 Å². The number of carbonyl (C=O) groups excluding carboxylic acids is 2. The third-order valence-corrected chi connectivity index (χ3v) is 4.01. The van der Waals surface area contributed by atoms with E-state index in [4.69, 9.17) is 4.74 Å². The monoisotopic (exact) mass is 310 g/mol. The van der Waals surface area contributed by atoms with Crippen LogP contribution in [-0.4, -0.2) is 18.9 Å². The van der Waals surface area contributed by atoms with E-state index in [1.54, 1.807) is 31.4 Å². The van der Waals surface area contributed by atoms with Gasteiger partial charge in [0.15, 0.2) is 0 Å². The molecule has 2 N–H and O–H groups in total. The summed E-state index contributed by atoms with van der Waals surface area (Å²) >= 11 is 0. The van der Waals surface area contributed by atoms with E-state index < -0.39 is 5.41 Å². The van der Waals surface area contributed by atoms with Crippen LogP contribution in [-0.2, 0) is 9.59 Å². The summed E-state index contributed by atoms with van der Waals surface area (Å²) in [6.45, 7) is 0. The Bertz CT molecular complexity index is 724. The fourth-order valence-corrected chi connectivity index (χ4v) is 2.44. The van der Waals surface area contributed by atoms with Crippen molar-refractivity contribution in [2.45, 2.75) is 12.8 Å². The maximum Gasteiger partial charge on any atom is 0.240 e. The van der Waals surface area contributed by atoms with Crippen molar-refractivity contribution in [2.75, 3.05) is 17.7 Å². The first-order chi connectivity index (χ1) is 11.2. The van der Waals surface area contributed by atoms with Gasteiger partial charge in [-0.25, -0.2) is 0 Å². The first-order valence-electron chi connectivity index (χ1n) is 7.47. The molecule has 0 heterocycles. The van der Waals surface area contributed by atoms with Gasteiger partial charge in [-0.2, -0.15) is 0 Å². The van der Waals surface area contributed by atoms with Crippen LogP contribution >= 0.6 is 0 Å². The quantitative estimate of drug-likeness (QED) is 0.834. The van der Waals surface area contributed by atoms with Gasteiger partial charge in [-0.3, -0.25) is 9.59 Å².